The molecule has 0 aromatic carbocycles. The number of aliphatic hydroxyl groups is 1. The molecule has 28 heavy (non-hydrogen) atoms. The molecule has 5 nitrogen and oxygen atoms in total. The Kier molecular flexibility index (Phi) is 7.47. The minimum atomic E-state index is -0.386. The highest BCUT2D eigenvalue weighted by Crippen LogP contribution is 2.37. The number of nitrogens with one attached hydrogen (secondary N) is 1. The topological polar surface area (TPSA) is 60.0 Å². The average Bonchev–Trinajstić information content (AvgIpc) is 2.52. The molecular weight excluding hydrogens is 354 g/mol. The molecule has 0 unspecified atom stereocenters. The zero-order valence-corrected chi connectivity index (χ0v) is 18.6. The molecule has 1 saturated carbocycles. The Morgan fingerprint density at radius 3 is 2.07 bits per heavy atom. The van der Waals surface area contributed by atoms with Gasteiger partial charge in [-0.25, -0.2) is 0 Å². The smallest absolute Gasteiger partial charge is 0.0672 e. The van der Waals surface area contributed by atoms with Gasteiger partial charge in [-0.2, -0.15) is 0 Å². The zero-order valence-electron chi connectivity index (χ0n) is 18.6. The van der Waals surface area contributed by atoms with Gasteiger partial charge in [0.2, 0.25) is 0 Å². The molecule has 0 bridgehead atoms. The van der Waals surface area contributed by atoms with E-state index in [4.69, 9.17) is 14.2 Å². The van der Waals surface area contributed by atoms with Crippen molar-refractivity contribution < 1.29 is 19.3 Å². The van der Waals surface area contributed by atoms with E-state index in [0.29, 0.717) is 17.8 Å². The Bertz CT molecular complexity index is 483. The minimum Gasteiger partial charge on any atom is -0.390 e. The summed E-state index contributed by atoms with van der Waals surface area (Å²) in [6.45, 7) is 14.9. The highest BCUT2D eigenvalue weighted by atomic mass is 16.5. The van der Waals surface area contributed by atoms with E-state index >= 15 is 0 Å². The predicted octanol–water partition coefficient (Wildman–Crippen LogP) is 3.39. The van der Waals surface area contributed by atoms with E-state index in [2.05, 4.69) is 33.0 Å². The van der Waals surface area contributed by atoms with Gasteiger partial charge in [-0.1, -0.05) is 27.7 Å². The van der Waals surface area contributed by atoms with Crippen molar-refractivity contribution in [2.24, 2.45) is 23.2 Å². The Morgan fingerprint density at radius 2 is 1.61 bits per heavy atom. The number of hydrogen-bond donors (Lipinski definition) is 2. The van der Waals surface area contributed by atoms with E-state index in [9.17, 15) is 5.11 Å². The lowest BCUT2D eigenvalue weighted by Gasteiger charge is -2.46. The zero-order chi connectivity index (χ0) is 20.3. The van der Waals surface area contributed by atoms with Crippen molar-refractivity contribution in [1.29, 1.82) is 0 Å². The van der Waals surface area contributed by atoms with Crippen LogP contribution in [0.3, 0.4) is 0 Å². The number of ether oxygens (including phenoxy) is 3. The third-order valence-corrected chi connectivity index (χ3v) is 6.80. The van der Waals surface area contributed by atoms with E-state index in [1.807, 2.05) is 0 Å². The van der Waals surface area contributed by atoms with Gasteiger partial charge in [0.15, 0.2) is 0 Å². The van der Waals surface area contributed by atoms with Crippen molar-refractivity contribution in [3.8, 4) is 0 Å². The van der Waals surface area contributed by atoms with Crippen LogP contribution >= 0.6 is 0 Å². The largest absolute Gasteiger partial charge is 0.390 e. The molecule has 0 amide bonds. The van der Waals surface area contributed by atoms with Crippen LogP contribution in [-0.2, 0) is 14.2 Å². The van der Waals surface area contributed by atoms with Crippen LogP contribution in [0.5, 0.6) is 0 Å². The normalized spacial score (nSPS) is 26.8. The fraction of sp³-hybridized carbons (Fsp3) is 1.00. The molecule has 2 atom stereocenters. The Labute approximate surface area is 171 Å². The predicted molar refractivity (Wildman–Crippen MR) is 111 cm³/mol. The second-order valence-electron chi connectivity index (χ2n) is 11.0. The lowest BCUT2D eigenvalue weighted by atomic mass is 9.74. The van der Waals surface area contributed by atoms with Crippen molar-refractivity contribution in [3.05, 3.63) is 0 Å². The van der Waals surface area contributed by atoms with Crippen molar-refractivity contribution >= 4 is 0 Å². The molecule has 3 aliphatic rings. The molecule has 2 heterocycles. The first kappa shape index (κ1) is 22.5. The summed E-state index contributed by atoms with van der Waals surface area (Å²) in [5, 5.41) is 14.2. The van der Waals surface area contributed by atoms with Crippen LogP contribution in [-0.4, -0.2) is 62.4 Å². The minimum absolute atomic E-state index is 0.0917. The van der Waals surface area contributed by atoms with E-state index in [1.165, 1.54) is 12.8 Å². The van der Waals surface area contributed by atoms with Gasteiger partial charge in [-0.3, -0.25) is 0 Å². The summed E-state index contributed by atoms with van der Waals surface area (Å²) in [6, 6.07) is 0. The van der Waals surface area contributed by atoms with Gasteiger partial charge in [0, 0.05) is 12.0 Å². The van der Waals surface area contributed by atoms with Crippen LogP contribution in [0, 0.1) is 23.2 Å². The van der Waals surface area contributed by atoms with E-state index < -0.39 is 0 Å². The van der Waals surface area contributed by atoms with E-state index in [0.717, 1.165) is 71.9 Å². The molecule has 1 aliphatic carbocycles. The first-order chi connectivity index (χ1) is 13.2. The maximum absolute atomic E-state index is 10.4. The third kappa shape index (κ3) is 5.91. The van der Waals surface area contributed by atoms with Crippen molar-refractivity contribution in [1.82, 2.24) is 5.32 Å². The van der Waals surface area contributed by atoms with Gasteiger partial charge in [-0.05, 0) is 62.8 Å². The summed E-state index contributed by atoms with van der Waals surface area (Å²) in [6.07, 6.45) is 6.31. The molecule has 2 saturated heterocycles. The van der Waals surface area contributed by atoms with Crippen molar-refractivity contribution in [2.45, 2.75) is 77.4 Å². The molecule has 0 aromatic heterocycles. The quantitative estimate of drug-likeness (QED) is 0.499. The molecule has 164 valence electrons. The number of hydrogen-bond acceptors (Lipinski definition) is 5. The monoisotopic (exact) mass is 397 g/mol. The van der Waals surface area contributed by atoms with Crippen LogP contribution in [0.25, 0.3) is 0 Å². The second-order valence-corrected chi connectivity index (χ2v) is 11.0. The van der Waals surface area contributed by atoms with Gasteiger partial charge < -0.3 is 24.6 Å². The summed E-state index contributed by atoms with van der Waals surface area (Å²) in [4.78, 5) is 0. The highest BCUT2D eigenvalue weighted by Gasteiger charge is 2.42. The summed E-state index contributed by atoms with van der Waals surface area (Å²) in [7, 11) is 0. The van der Waals surface area contributed by atoms with Crippen LogP contribution in [0.4, 0.5) is 0 Å². The van der Waals surface area contributed by atoms with Crippen LogP contribution in [0.2, 0.25) is 0 Å². The SMILES string of the molecule is CC(C)CC1(COC[C@H](C)CC2(NC[C@H](C)CC3(O)CCC3)COC2)COC1. The van der Waals surface area contributed by atoms with Crippen LogP contribution in [0.15, 0.2) is 0 Å². The maximum atomic E-state index is 10.4. The molecule has 3 rings (SSSR count). The standard InChI is InChI=1S/C23H43NO4/c1-18(2)8-21(14-27-15-21)13-26-12-20(4)9-22(16-28-17-22)24-11-19(3)10-23(25)6-5-7-23/h18-20,24-25H,5-17H2,1-4H3/t19-,20-/m1/s1. The first-order valence-corrected chi connectivity index (χ1v) is 11.4. The van der Waals surface area contributed by atoms with Gasteiger partial charge >= 0.3 is 0 Å². The first-order valence-electron chi connectivity index (χ1n) is 11.4. The Balaban J connectivity index is 1.36. The average molecular weight is 398 g/mol. The van der Waals surface area contributed by atoms with Gasteiger partial charge in [-0.15, -0.1) is 0 Å². The fourth-order valence-corrected chi connectivity index (χ4v) is 5.26. The second kappa shape index (κ2) is 9.30. The van der Waals surface area contributed by atoms with Crippen molar-refractivity contribution in [3.63, 3.8) is 0 Å². The van der Waals surface area contributed by atoms with Gasteiger partial charge in [0.25, 0.3) is 0 Å². The lowest BCUT2D eigenvalue weighted by molar-refractivity contribution is -0.161. The molecule has 2 N–H and O–H groups in total. The summed E-state index contributed by atoms with van der Waals surface area (Å²) in [5.41, 5.74) is -0.0439. The molecule has 0 aromatic rings. The molecule has 5 heteroatoms. The summed E-state index contributed by atoms with van der Waals surface area (Å²) in [5.74, 6) is 1.67. The highest BCUT2D eigenvalue weighted by molar-refractivity contribution is 4.97. The summed E-state index contributed by atoms with van der Waals surface area (Å²) >= 11 is 0. The number of rotatable bonds is 13. The lowest BCUT2D eigenvalue weighted by Crippen LogP contribution is -2.62. The molecule has 2 aliphatic heterocycles. The maximum Gasteiger partial charge on any atom is 0.0672 e. The Morgan fingerprint density at radius 1 is 0.929 bits per heavy atom. The molecule has 0 radical (unpaired) electrons. The van der Waals surface area contributed by atoms with E-state index in [-0.39, 0.29) is 16.6 Å². The fourth-order valence-electron chi connectivity index (χ4n) is 5.26. The van der Waals surface area contributed by atoms with Gasteiger partial charge in [0.05, 0.1) is 44.2 Å². The molecule has 3 fully saturated rings. The van der Waals surface area contributed by atoms with Gasteiger partial charge in [0.1, 0.15) is 0 Å². The summed E-state index contributed by atoms with van der Waals surface area (Å²) < 4.78 is 17.2. The third-order valence-electron chi connectivity index (χ3n) is 6.80. The van der Waals surface area contributed by atoms with Crippen LogP contribution in [0.1, 0.15) is 66.2 Å². The molecular formula is C23H43NO4. The van der Waals surface area contributed by atoms with Crippen molar-refractivity contribution in [2.75, 3.05) is 46.2 Å². The molecule has 0 spiro atoms. The van der Waals surface area contributed by atoms with E-state index in [1.54, 1.807) is 0 Å². The Hall–Kier alpha value is -0.200. The van der Waals surface area contributed by atoms with Crippen LogP contribution < -0.4 is 5.32 Å².